The Morgan fingerprint density at radius 2 is 1.96 bits per heavy atom. The Balaban J connectivity index is 1.96. The molecule has 3 aromatic rings. The number of thiazole rings is 1. The van der Waals surface area contributed by atoms with Gasteiger partial charge in [0.25, 0.3) is 0 Å². The highest BCUT2D eigenvalue weighted by Crippen LogP contribution is 2.35. The second kappa shape index (κ2) is 7.27. The Hall–Kier alpha value is -1.66. The fourth-order valence-electron chi connectivity index (χ4n) is 2.08. The maximum atomic E-state index is 6.19. The Morgan fingerprint density at radius 1 is 1.17 bits per heavy atom. The van der Waals surface area contributed by atoms with Crippen LogP contribution in [0, 0.1) is 0 Å². The molecule has 4 nitrogen and oxygen atoms in total. The summed E-state index contributed by atoms with van der Waals surface area (Å²) in [5.41, 5.74) is 2.59. The molecule has 0 unspecified atom stereocenters. The fraction of sp³-hybridized carbons (Fsp3) is 0.125. The van der Waals surface area contributed by atoms with E-state index in [0.29, 0.717) is 16.7 Å². The van der Waals surface area contributed by atoms with Crippen molar-refractivity contribution in [3.63, 3.8) is 0 Å². The highest BCUT2D eigenvalue weighted by atomic mass is 35.5. The number of hydrogen-bond acceptors (Lipinski definition) is 5. The fourth-order valence-corrected chi connectivity index (χ4v) is 3.38. The monoisotopic (exact) mass is 365 g/mol. The molecule has 0 aliphatic rings. The molecule has 0 atom stereocenters. The normalized spacial score (nSPS) is 10.7. The summed E-state index contributed by atoms with van der Waals surface area (Å²) in [5, 5.41) is 5.15. The number of nitrogens with one attached hydrogen (secondary N) is 1. The van der Waals surface area contributed by atoms with Crippen molar-refractivity contribution >= 4 is 45.4 Å². The lowest BCUT2D eigenvalue weighted by molar-refractivity contribution is 0.188. The van der Waals surface area contributed by atoms with Crippen LogP contribution in [0.2, 0.25) is 10.0 Å². The maximum Gasteiger partial charge on any atom is 0.188 e. The minimum Gasteiger partial charge on any atom is -0.379 e. The zero-order chi connectivity index (χ0) is 16.2. The van der Waals surface area contributed by atoms with Crippen molar-refractivity contribution in [3.05, 3.63) is 57.6 Å². The van der Waals surface area contributed by atoms with Crippen molar-refractivity contribution in [2.24, 2.45) is 0 Å². The minimum absolute atomic E-state index is 0.486. The number of ether oxygens (including phenoxy) is 1. The number of nitrogens with zero attached hydrogens (tertiary/aromatic N) is 2. The molecule has 23 heavy (non-hydrogen) atoms. The summed E-state index contributed by atoms with van der Waals surface area (Å²) in [6.07, 6.45) is 3.48. The van der Waals surface area contributed by atoms with Gasteiger partial charge in [-0.3, -0.25) is 4.98 Å². The first kappa shape index (κ1) is 16.2. The smallest absolute Gasteiger partial charge is 0.188 e. The zero-order valence-electron chi connectivity index (χ0n) is 12.2. The number of rotatable bonds is 5. The van der Waals surface area contributed by atoms with Crippen molar-refractivity contribution in [1.29, 1.82) is 0 Å². The van der Waals surface area contributed by atoms with Crippen LogP contribution in [0.3, 0.4) is 0 Å². The molecular formula is C16H13Cl2N3OS. The SMILES string of the molecule is COCc1sc(Nc2cc(Cl)ccc2Cl)nc1-c1ccncc1. The molecular weight excluding hydrogens is 353 g/mol. The topological polar surface area (TPSA) is 47.0 Å². The van der Waals surface area contributed by atoms with Crippen LogP contribution < -0.4 is 5.32 Å². The van der Waals surface area contributed by atoms with Gasteiger partial charge in [0, 0.05) is 30.1 Å². The van der Waals surface area contributed by atoms with E-state index in [1.165, 1.54) is 11.3 Å². The van der Waals surface area contributed by atoms with Gasteiger partial charge in [0.15, 0.2) is 5.13 Å². The number of aromatic nitrogens is 2. The van der Waals surface area contributed by atoms with Crippen molar-refractivity contribution in [1.82, 2.24) is 9.97 Å². The van der Waals surface area contributed by atoms with Crippen molar-refractivity contribution in [3.8, 4) is 11.3 Å². The molecule has 1 N–H and O–H groups in total. The van der Waals surface area contributed by atoms with Crippen LogP contribution in [0.25, 0.3) is 11.3 Å². The third-order valence-electron chi connectivity index (χ3n) is 3.10. The molecule has 0 aliphatic heterocycles. The van der Waals surface area contributed by atoms with E-state index in [1.54, 1.807) is 37.7 Å². The van der Waals surface area contributed by atoms with E-state index in [2.05, 4.69) is 15.3 Å². The first-order valence-corrected chi connectivity index (χ1v) is 8.35. The molecule has 2 aromatic heterocycles. The minimum atomic E-state index is 0.486. The third kappa shape index (κ3) is 3.82. The lowest BCUT2D eigenvalue weighted by Crippen LogP contribution is -1.91. The van der Waals surface area contributed by atoms with Crippen molar-refractivity contribution in [2.75, 3.05) is 12.4 Å². The molecule has 0 aliphatic carbocycles. The molecule has 2 heterocycles. The van der Waals surface area contributed by atoms with Gasteiger partial charge in [-0.05, 0) is 30.3 Å². The second-order valence-electron chi connectivity index (χ2n) is 4.71. The number of benzene rings is 1. The lowest BCUT2D eigenvalue weighted by atomic mass is 10.2. The lowest BCUT2D eigenvalue weighted by Gasteiger charge is -2.05. The summed E-state index contributed by atoms with van der Waals surface area (Å²) < 4.78 is 5.28. The summed E-state index contributed by atoms with van der Waals surface area (Å²) in [7, 11) is 1.66. The van der Waals surface area contributed by atoms with Crippen LogP contribution in [-0.4, -0.2) is 17.1 Å². The van der Waals surface area contributed by atoms with Gasteiger partial charge >= 0.3 is 0 Å². The summed E-state index contributed by atoms with van der Waals surface area (Å²) in [6, 6.07) is 9.11. The molecule has 0 saturated carbocycles. The molecule has 118 valence electrons. The predicted molar refractivity (Wildman–Crippen MR) is 95.8 cm³/mol. The van der Waals surface area contributed by atoms with Gasteiger partial charge in [0.05, 0.1) is 27.9 Å². The highest BCUT2D eigenvalue weighted by Gasteiger charge is 2.14. The van der Waals surface area contributed by atoms with E-state index in [1.807, 2.05) is 12.1 Å². The second-order valence-corrected chi connectivity index (χ2v) is 6.64. The first-order chi connectivity index (χ1) is 11.2. The summed E-state index contributed by atoms with van der Waals surface area (Å²) in [6.45, 7) is 0.486. The molecule has 0 amide bonds. The largest absolute Gasteiger partial charge is 0.379 e. The van der Waals surface area contributed by atoms with Gasteiger partial charge < -0.3 is 10.1 Å². The van der Waals surface area contributed by atoms with E-state index in [4.69, 9.17) is 27.9 Å². The van der Waals surface area contributed by atoms with E-state index >= 15 is 0 Å². The van der Waals surface area contributed by atoms with Crippen LogP contribution in [0.5, 0.6) is 0 Å². The summed E-state index contributed by atoms with van der Waals surface area (Å²) >= 11 is 13.7. The van der Waals surface area contributed by atoms with Gasteiger partial charge in [0.1, 0.15) is 0 Å². The van der Waals surface area contributed by atoms with Crippen LogP contribution >= 0.6 is 34.5 Å². The summed E-state index contributed by atoms with van der Waals surface area (Å²) in [5.74, 6) is 0. The van der Waals surface area contributed by atoms with Crippen molar-refractivity contribution in [2.45, 2.75) is 6.61 Å². The van der Waals surface area contributed by atoms with Gasteiger partial charge in [0.2, 0.25) is 0 Å². The molecule has 1 aromatic carbocycles. The standard InChI is InChI=1S/C16H13Cl2N3OS/c1-22-9-14-15(10-4-6-19-7-5-10)21-16(23-14)20-13-8-11(17)2-3-12(13)18/h2-8H,9H2,1H3,(H,20,21). The molecule has 7 heteroatoms. The first-order valence-electron chi connectivity index (χ1n) is 6.78. The number of methoxy groups -OCH3 is 1. The van der Waals surface area contributed by atoms with E-state index in [0.717, 1.165) is 27.0 Å². The Morgan fingerprint density at radius 3 is 2.70 bits per heavy atom. The van der Waals surface area contributed by atoms with Crippen LogP contribution in [0.15, 0.2) is 42.7 Å². The molecule has 0 radical (unpaired) electrons. The number of pyridine rings is 1. The van der Waals surface area contributed by atoms with Gasteiger partial charge in [-0.25, -0.2) is 4.98 Å². The molecule has 0 saturated heterocycles. The summed E-state index contributed by atoms with van der Waals surface area (Å²) in [4.78, 5) is 9.73. The van der Waals surface area contributed by atoms with E-state index < -0.39 is 0 Å². The van der Waals surface area contributed by atoms with Gasteiger partial charge in [-0.1, -0.05) is 34.5 Å². The molecule has 3 rings (SSSR count). The quantitative estimate of drug-likeness (QED) is 0.657. The Labute approximate surface area is 148 Å². The van der Waals surface area contributed by atoms with Crippen molar-refractivity contribution < 1.29 is 4.74 Å². The average Bonchev–Trinajstić information content (AvgIpc) is 2.95. The zero-order valence-corrected chi connectivity index (χ0v) is 14.5. The molecule has 0 bridgehead atoms. The Kier molecular flexibility index (Phi) is 5.13. The number of anilines is 2. The number of hydrogen-bond donors (Lipinski definition) is 1. The Bertz CT molecular complexity index is 808. The molecule has 0 fully saturated rings. The van der Waals surface area contributed by atoms with Gasteiger partial charge in [-0.15, -0.1) is 0 Å². The highest BCUT2D eigenvalue weighted by molar-refractivity contribution is 7.16. The predicted octanol–water partition coefficient (Wildman–Crippen LogP) is 5.40. The van der Waals surface area contributed by atoms with Crippen LogP contribution in [0.4, 0.5) is 10.8 Å². The average molecular weight is 366 g/mol. The maximum absolute atomic E-state index is 6.19. The third-order valence-corrected chi connectivity index (χ3v) is 4.61. The van der Waals surface area contributed by atoms with E-state index in [-0.39, 0.29) is 0 Å². The number of halogens is 2. The van der Waals surface area contributed by atoms with Gasteiger partial charge in [-0.2, -0.15) is 0 Å². The van der Waals surface area contributed by atoms with Crippen LogP contribution in [-0.2, 0) is 11.3 Å². The molecule has 0 spiro atoms. The van der Waals surface area contributed by atoms with E-state index in [9.17, 15) is 0 Å². The van der Waals surface area contributed by atoms with Crippen LogP contribution in [0.1, 0.15) is 4.88 Å².